The van der Waals surface area contributed by atoms with Crippen molar-refractivity contribution in [3.63, 3.8) is 0 Å². The molecule has 740 valence electrons. The van der Waals surface area contributed by atoms with E-state index >= 15 is 0 Å². The maximum Gasteiger partial charge on any atom is 0.324 e. The molecule has 15 rings (SSSR count). The lowest BCUT2D eigenvalue weighted by atomic mass is 9.92. The van der Waals surface area contributed by atoms with Crippen LogP contribution in [0.5, 0.6) is 17.2 Å². The van der Waals surface area contributed by atoms with Gasteiger partial charge in [0, 0.05) is 116 Å². The minimum Gasteiger partial charge on any atom is -0.488 e. The summed E-state index contributed by atoms with van der Waals surface area (Å²) in [5, 5.41) is 50.9. The van der Waals surface area contributed by atoms with Gasteiger partial charge in [-0.2, -0.15) is 38.8 Å². The van der Waals surface area contributed by atoms with Crippen LogP contribution in [-0.4, -0.2) is 134 Å². The van der Waals surface area contributed by atoms with E-state index in [1.165, 1.54) is 0 Å². The van der Waals surface area contributed by atoms with Crippen LogP contribution in [0.3, 0.4) is 0 Å². The fourth-order valence-corrected chi connectivity index (χ4v) is 15.2. The number of aryl methyl sites for hydroxylation is 3. The number of carbonyl (C=O) groups excluding carboxylic acids is 6. The molecule has 142 heavy (non-hydrogen) atoms. The SMILES string of the molecule is CSCCC(=O)Nc1cc(COc2ccc(NC(=O)Nc3cc(C(C)(C)C)nn3-c3ccc(C)cc3)c3ccccc23)ccn1.CSCCC(=O)O.Cc1ccc(-n2nc(C(C)(C)C)cc2NC(=O)Nc2ccc(OCc3ccnc(N)c3)c3ccccc23)cc1.Cc1ccc(-n2nc(C(C)(C)C)cc2NC(=O)Nc2ccc(OCc3ccnc(NC(=O)CCS(C)(=O)=O)c3)c3ccccc23)cc1.O=C(Cl)Cl. The number of hydrogen-bond acceptors (Lipinski definition) is 21. The molecule has 0 bridgehead atoms. The molecule has 0 aliphatic carbocycles. The lowest BCUT2D eigenvalue weighted by Gasteiger charge is -2.15. The zero-order valence-corrected chi connectivity index (χ0v) is 85.5. The highest BCUT2D eigenvalue weighted by Crippen LogP contribution is 2.38. The molecule has 0 atom stereocenters. The first kappa shape index (κ1) is 108. The number of nitrogens with one attached hydrogen (secondary N) is 8. The van der Waals surface area contributed by atoms with E-state index in [0.29, 0.717) is 82.2 Å². The zero-order valence-electron chi connectivity index (χ0n) is 81.5. The quantitative estimate of drug-likeness (QED) is 0.0195. The molecule has 15 aromatic rings. The highest BCUT2D eigenvalue weighted by molar-refractivity contribution is 7.98. The molecule has 0 unspecified atom stereocenters. The number of carboxylic acid groups (broad SMARTS) is 1. The number of hydrogen-bond donors (Lipinski definition) is 10. The number of halogens is 2. The van der Waals surface area contributed by atoms with Crippen molar-refractivity contribution in [1.82, 2.24) is 44.3 Å². The highest BCUT2D eigenvalue weighted by Gasteiger charge is 2.27. The Morgan fingerprint density at radius 3 is 0.972 bits per heavy atom. The number of anilines is 9. The second kappa shape index (κ2) is 49.8. The summed E-state index contributed by atoms with van der Waals surface area (Å²) in [5.41, 5.74) is 18.2. The number of fused-ring (bicyclic) bond motifs is 3. The van der Waals surface area contributed by atoms with Gasteiger partial charge in [-0.25, -0.2) is 51.8 Å². The molecule has 36 heteroatoms. The summed E-state index contributed by atoms with van der Waals surface area (Å²) in [7, 11) is -3.25. The third kappa shape index (κ3) is 32.4. The molecule has 0 aliphatic rings. The minimum atomic E-state index is -3.25. The van der Waals surface area contributed by atoms with Crippen molar-refractivity contribution in [3.8, 4) is 34.3 Å². The maximum atomic E-state index is 13.4. The first-order valence-electron chi connectivity index (χ1n) is 45.2. The van der Waals surface area contributed by atoms with Crippen molar-refractivity contribution in [2.45, 2.75) is 138 Å². The Bertz CT molecular complexity index is 7080. The molecule has 0 aliphatic heterocycles. The van der Waals surface area contributed by atoms with E-state index in [9.17, 15) is 37.2 Å². The number of nitrogens with two attached hydrogens (primary N) is 1. The number of aliphatic carboxylic acids is 1. The molecular formula is C106H116Cl2N18O13S3. The summed E-state index contributed by atoms with van der Waals surface area (Å²) in [6.45, 7) is 25.7. The second-order valence-electron chi connectivity index (χ2n) is 36.1. The van der Waals surface area contributed by atoms with Gasteiger partial charge in [-0.05, 0) is 182 Å². The molecule has 8 amide bonds. The van der Waals surface area contributed by atoms with Crippen LogP contribution in [0.4, 0.5) is 71.1 Å². The first-order valence-corrected chi connectivity index (χ1v) is 50.8. The van der Waals surface area contributed by atoms with Gasteiger partial charge < -0.3 is 51.6 Å². The van der Waals surface area contributed by atoms with Gasteiger partial charge in [0.25, 0.3) is 0 Å². The number of sulfone groups is 1. The van der Waals surface area contributed by atoms with Gasteiger partial charge in [0.1, 0.15) is 81.8 Å². The molecular weight excluding hydrogens is 1900 g/mol. The molecule has 0 saturated heterocycles. The number of aromatic nitrogens is 9. The van der Waals surface area contributed by atoms with Gasteiger partial charge in [0.15, 0.2) is 0 Å². The highest BCUT2D eigenvalue weighted by atomic mass is 35.5. The molecule has 0 radical (unpaired) electrons. The van der Waals surface area contributed by atoms with Crippen LogP contribution in [0.15, 0.2) is 255 Å². The Morgan fingerprint density at radius 1 is 0.387 bits per heavy atom. The monoisotopic (exact) mass is 2010 g/mol. The van der Waals surface area contributed by atoms with Crippen molar-refractivity contribution in [2.24, 2.45) is 0 Å². The van der Waals surface area contributed by atoms with Crippen LogP contribution >= 0.6 is 46.7 Å². The lowest BCUT2D eigenvalue weighted by Crippen LogP contribution is -2.21. The van der Waals surface area contributed by atoms with Crippen LogP contribution in [-0.2, 0) is 60.3 Å². The topological polar surface area (TPSA) is 416 Å². The number of urea groups is 3. The zero-order chi connectivity index (χ0) is 103. The van der Waals surface area contributed by atoms with Crippen molar-refractivity contribution >= 4 is 181 Å². The Balaban J connectivity index is 0.000000193. The molecule has 0 saturated carbocycles. The largest absolute Gasteiger partial charge is 0.488 e. The first-order chi connectivity index (χ1) is 67.5. The number of nitrogens with zero attached hydrogens (tertiary/aromatic N) is 9. The number of carbonyl (C=O) groups is 7. The van der Waals surface area contributed by atoms with E-state index in [4.69, 9.17) is 45.1 Å². The summed E-state index contributed by atoms with van der Waals surface area (Å²) in [4.78, 5) is 95.4. The fourth-order valence-electron chi connectivity index (χ4n) is 13.9. The summed E-state index contributed by atoms with van der Waals surface area (Å²) in [5.74, 6) is 4.95. The van der Waals surface area contributed by atoms with Crippen LogP contribution in [0.25, 0.3) is 49.4 Å². The predicted molar refractivity (Wildman–Crippen MR) is 573 cm³/mol. The molecule has 6 heterocycles. The Hall–Kier alpha value is -14.8. The third-order valence-corrected chi connectivity index (χ3v) is 23.5. The smallest absolute Gasteiger partial charge is 0.324 e. The molecule has 6 aromatic heterocycles. The predicted octanol–water partition coefficient (Wildman–Crippen LogP) is 23.8. The molecule has 9 aromatic carbocycles. The van der Waals surface area contributed by atoms with Gasteiger partial charge in [-0.15, -0.1) is 0 Å². The Morgan fingerprint density at radius 2 is 0.683 bits per heavy atom. The fraction of sp³-hybridized carbons (Fsp3) is 0.255. The van der Waals surface area contributed by atoms with Crippen molar-refractivity contribution in [1.29, 1.82) is 0 Å². The number of rotatable bonds is 29. The Labute approximate surface area is 843 Å². The molecule has 0 spiro atoms. The van der Waals surface area contributed by atoms with Gasteiger partial charge in [0.05, 0.1) is 63.4 Å². The number of thioether (sulfide) groups is 2. The molecule has 11 N–H and O–H groups in total. The number of nitrogen functional groups attached to an aromatic ring is 1. The van der Waals surface area contributed by atoms with Crippen molar-refractivity contribution in [3.05, 3.63) is 306 Å². The number of amides is 8. The van der Waals surface area contributed by atoms with Crippen LogP contribution < -0.4 is 62.5 Å². The average molecular weight is 2020 g/mol. The number of carboxylic acids is 1. The number of ether oxygens (including phenoxy) is 3. The van der Waals surface area contributed by atoms with E-state index in [-0.39, 0.29) is 66.0 Å². The third-order valence-electron chi connectivity index (χ3n) is 21.4. The van der Waals surface area contributed by atoms with E-state index in [2.05, 4.69) is 143 Å². The Kier molecular flexibility index (Phi) is 37.7. The van der Waals surface area contributed by atoms with Crippen LogP contribution in [0.2, 0.25) is 0 Å². The maximum absolute atomic E-state index is 13.4. The molecule has 31 nitrogen and oxygen atoms in total. The summed E-state index contributed by atoms with van der Waals surface area (Å²) in [6, 6.07) is 73.4. The number of pyridine rings is 3. The number of benzene rings is 9. The van der Waals surface area contributed by atoms with Crippen molar-refractivity contribution in [2.75, 3.05) is 84.3 Å². The molecule has 0 fully saturated rings. The van der Waals surface area contributed by atoms with Gasteiger partial charge >= 0.3 is 28.8 Å². The van der Waals surface area contributed by atoms with Gasteiger partial charge in [-0.1, -0.05) is 188 Å². The lowest BCUT2D eigenvalue weighted by molar-refractivity contribution is -0.136. The van der Waals surface area contributed by atoms with E-state index in [1.807, 2.05) is 240 Å². The summed E-state index contributed by atoms with van der Waals surface area (Å²) in [6.07, 6.45) is 10.4. The van der Waals surface area contributed by atoms with E-state index < -0.39 is 32.4 Å². The summed E-state index contributed by atoms with van der Waals surface area (Å²) < 4.78 is 45.6. The van der Waals surface area contributed by atoms with Crippen LogP contribution in [0, 0.1) is 20.8 Å². The minimum absolute atomic E-state index is 0.0673. The van der Waals surface area contributed by atoms with E-state index in [0.717, 1.165) is 118 Å². The van der Waals surface area contributed by atoms with Gasteiger partial charge in [0.2, 0.25) is 11.8 Å². The van der Waals surface area contributed by atoms with Gasteiger partial charge in [-0.3, -0.25) is 35.1 Å². The second-order valence-corrected chi connectivity index (χ2v) is 41.2. The van der Waals surface area contributed by atoms with Crippen LogP contribution in [0.1, 0.15) is 132 Å². The average Bonchev–Trinajstić information content (AvgIpc) is 1.16. The standard InChI is InChI=1S/C35H38N6O5S.C35H38N6O3S.C31H32N6O2.C4H8O2S.CCl2O/c1-23-10-12-25(13-11-23)41-32(21-30(40-41)35(2,3)4)39-34(43)37-28-14-15-29(27-9-7-6-8-26(27)28)46-22-24-16-18-36-31(20-24)38-33(42)17-19-47(5,44)45;1-23-10-12-25(13-11-23)41-32(21-30(40-41)35(2,3)4)39-34(43)37-28-14-15-29(27-9-7-6-8-26(27)28)44-22-24-16-18-36-31(20-24)38-33(42)17-19-45-5;1-20-9-11-22(12-10-20)37-29(18-27(36-37)31(2,3)4)35-30(38)34-25-13-14-26(24-8-6-5-7-23(24)25)39-19-21-15-16-33-28(32)17-21;1-7-3-2-4(5)6;2-1(3)4/h6-16,18,20-21H,17,19,22H2,1-5H3,(H,36,38,42)(H2,37,39,43);6-16,18,20-21H,17,19,22H2,1-5H3,(H,36,38,42)(H2,37,39,43);5-18H,19H2,1-4H3,(H2,32,33)(H2,34,35,38);2-3H2,1H3,(H,5,6);. The van der Waals surface area contributed by atoms with Crippen molar-refractivity contribution < 1.29 is 61.3 Å². The van der Waals surface area contributed by atoms with E-state index in [1.54, 1.807) is 86.5 Å². The summed E-state index contributed by atoms with van der Waals surface area (Å²) >= 11 is 12.0. The normalized spacial score (nSPS) is 11.2.